The summed E-state index contributed by atoms with van der Waals surface area (Å²) in [6.07, 6.45) is 6.74. The molecule has 1 aliphatic carbocycles. The van der Waals surface area contributed by atoms with Crippen LogP contribution in [0.5, 0.6) is 0 Å². The molecule has 1 aromatic rings. The molecular formula is C12H15N3O. The molecule has 1 aliphatic heterocycles. The number of amides is 1. The molecule has 16 heavy (non-hydrogen) atoms. The van der Waals surface area contributed by atoms with Crippen LogP contribution in [0.15, 0.2) is 18.6 Å². The van der Waals surface area contributed by atoms with Gasteiger partial charge < -0.3 is 4.90 Å². The molecule has 1 aromatic heterocycles. The van der Waals surface area contributed by atoms with Crippen LogP contribution in [0.1, 0.15) is 30.9 Å². The summed E-state index contributed by atoms with van der Waals surface area (Å²) in [6, 6.07) is 1.94. The topological polar surface area (TPSA) is 46.1 Å². The lowest BCUT2D eigenvalue weighted by Gasteiger charge is -2.42. The van der Waals surface area contributed by atoms with Crippen molar-refractivity contribution in [1.82, 2.24) is 14.9 Å². The van der Waals surface area contributed by atoms with Gasteiger partial charge in [0.1, 0.15) is 6.33 Å². The number of nitrogens with zero attached hydrogens (tertiary/aromatic N) is 3. The fourth-order valence-corrected chi connectivity index (χ4v) is 2.30. The lowest BCUT2D eigenvalue weighted by Crippen LogP contribution is -2.51. The number of hydrogen-bond acceptors (Lipinski definition) is 3. The normalized spacial score (nSPS) is 21.4. The molecular weight excluding hydrogens is 202 g/mol. The van der Waals surface area contributed by atoms with Gasteiger partial charge in [-0.05, 0) is 18.9 Å². The average Bonchev–Trinajstić information content (AvgIpc) is 2.14. The molecule has 1 saturated heterocycles. The highest BCUT2D eigenvalue weighted by Gasteiger charge is 2.37. The Bertz CT molecular complexity index is 383. The summed E-state index contributed by atoms with van der Waals surface area (Å²) in [5.41, 5.74) is 1.06. The molecule has 0 spiro atoms. The Labute approximate surface area is 94.7 Å². The molecule has 2 heterocycles. The summed E-state index contributed by atoms with van der Waals surface area (Å²) in [5, 5.41) is 0. The van der Waals surface area contributed by atoms with Crippen LogP contribution in [0, 0.1) is 5.92 Å². The Hall–Kier alpha value is -1.45. The standard InChI is InChI=1S/C12H15N3O/c16-12(9-2-1-3-9)15-6-10(7-15)11-4-5-13-8-14-11/h4-5,8-10H,1-3,6-7H2. The maximum atomic E-state index is 11.9. The fourth-order valence-electron chi connectivity index (χ4n) is 2.30. The van der Waals surface area contributed by atoms with Gasteiger partial charge in [0.25, 0.3) is 0 Å². The van der Waals surface area contributed by atoms with Gasteiger partial charge in [0.15, 0.2) is 0 Å². The first kappa shape index (κ1) is 9.75. The van der Waals surface area contributed by atoms with E-state index in [1.807, 2.05) is 11.0 Å². The molecule has 0 atom stereocenters. The van der Waals surface area contributed by atoms with Crippen LogP contribution in [-0.2, 0) is 4.79 Å². The third-order valence-corrected chi connectivity index (χ3v) is 3.67. The molecule has 0 aromatic carbocycles. The van der Waals surface area contributed by atoms with Crippen molar-refractivity contribution in [2.45, 2.75) is 25.2 Å². The minimum absolute atomic E-state index is 0.325. The van der Waals surface area contributed by atoms with Crippen LogP contribution >= 0.6 is 0 Å². The van der Waals surface area contributed by atoms with Crippen molar-refractivity contribution in [2.75, 3.05) is 13.1 Å². The number of aromatic nitrogens is 2. The Morgan fingerprint density at radius 3 is 2.75 bits per heavy atom. The maximum absolute atomic E-state index is 11.9. The predicted molar refractivity (Wildman–Crippen MR) is 58.7 cm³/mol. The summed E-state index contributed by atoms with van der Waals surface area (Å²) in [4.78, 5) is 22.0. The molecule has 0 bridgehead atoms. The number of rotatable bonds is 2. The Kier molecular flexibility index (Phi) is 2.35. The van der Waals surface area contributed by atoms with Crippen molar-refractivity contribution < 1.29 is 4.79 Å². The van der Waals surface area contributed by atoms with E-state index in [2.05, 4.69) is 9.97 Å². The third-order valence-electron chi connectivity index (χ3n) is 3.67. The molecule has 84 valence electrons. The highest BCUT2D eigenvalue weighted by Crippen LogP contribution is 2.33. The first-order valence-electron chi connectivity index (χ1n) is 5.89. The minimum Gasteiger partial charge on any atom is -0.341 e. The zero-order chi connectivity index (χ0) is 11.0. The summed E-state index contributed by atoms with van der Waals surface area (Å²) in [7, 11) is 0. The quantitative estimate of drug-likeness (QED) is 0.747. The molecule has 4 nitrogen and oxygen atoms in total. The fraction of sp³-hybridized carbons (Fsp3) is 0.583. The molecule has 2 fully saturated rings. The van der Waals surface area contributed by atoms with Gasteiger partial charge in [0.05, 0.1) is 5.69 Å². The SMILES string of the molecule is O=C(C1CCC1)N1CC(c2ccncn2)C1. The van der Waals surface area contributed by atoms with E-state index < -0.39 is 0 Å². The van der Waals surface area contributed by atoms with Crippen molar-refractivity contribution in [2.24, 2.45) is 5.92 Å². The van der Waals surface area contributed by atoms with Crippen molar-refractivity contribution in [3.8, 4) is 0 Å². The van der Waals surface area contributed by atoms with E-state index in [1.165, 1.54) is 6.42 Å². The second-order valence-electron chi connectivity index (χ2n) is 4.70. The smallest absolute Gasteiger partial charge is 0.225 e. The second-order valence-corrected chi connectivity index (χ2v) is 4.70. The van der Waals surface area contributed by atoms with Gasteiger partial charge in [-0.15, -0.1) is 0 Å². The third kappa shape index (κ3) is 1.58. The summed E-state index contributed by atoms with van der Waals surface area (Å²) in [6.45, 7) is 1.68. The molecule has 0 N–H and O–H groups in total. The van der Waals surface area contributed by atoms with E-state index in [-0.39, 0.29) is 0 Å². The number of carbonyl (C=O) groups excluding carboxylic acids is 1. The van der Waals surface area contributed by atoms with Crippen LogP contribution in [-0.4, -0.2) is 33.9 Å². The van der Waals surface area contributed by atoms with E-state index in [4.69, 9.17) is 0 Å². The molecule has 4 heteroatoms. The molecule has 1 amide bonds. The van der Waals surface area contributed by atoms with Gasteiger partial charge in [0, 0.05) is 31.1 Å². The molecule has 0 unspecified atom stereocenters. The van der Waals surface area contributed by atoms with Crippen LogP contribution in [0.2, 0.25) is 0 Å². The summed E-state index contributed by atoms with van der Waals surface area (Å²) < 4.78 is 0. The van der Waals surface area contributed by atoms with E-state index in [9.17, 15) is 4.79 Å². The number of carbonyl (C=O) groups is 1. The summed E-state index contributed by atoms with van der Waals surface area (Å²) in [5.74, 6) is 1.11. The minimum atomic E-state index is 0.325. The van der Waals surface area contributed by atoms with Gasteiger partial charge in [0.2, 0.25) is 5.91 Å². The van der Waals surface area contributed by atoms with E-state index in [0.29, 0.717) is 17.7 Å². The predicted octanol–water partition coefficient (Wildman–Crippen LogP) is 1.20. The Morgan fingerprint density at radius 2 is 2.19 bits per heavy atom. The summed E-state index contributed by atoms with van der Waals surface area (Å²) >= 11 is 0. The van der Waals surface area contributed by atoms with Crippen LogP contribution < -0.4 is 0 Å². The van der Waals surface area contributed by atoms with Gasteiger partial charge in [-0.3, -0.25) is 4.79 Å². The molecule has 3 rings (SSSR count). The zero-order valence-electron chi connectivity index (χ0n) is 9.17. The first-order chi connectivity index (χ1) is 7.84. The van der Waals surface area contributed by atoms with Crippen molar-refractivity contribution in [1.29, 1.82) is 0 Å². The largest absolute Gasteiger partial charge is 0.341 e. The van der Waals surface area contributed by atoms with E-state index in [0.717, 1.165) is 31.6 Å². The van der Waals surface area contributed by atoms with Gasteiger partial charge >= 0.3 is 0 Å². The van der Waals surface area contributed by atoms with Crippen molar-refractivity contribution in [3.05, 3.63) is 24.3 Å². The van der Waals surface area contributed by atoms with Crippen LogP contribution in [0.4, 0.5) is 0 Å². The van der Waals surface area contributed by atoms with Crippen molar-refractivity contribution >= 4 is 5.91 Å². The van der Waals surface area contributed by atoms with E-state index >= 15 is 0 Å². The maximum Gasteiger partial charge on any atom is 0.225 e. The van der Waals surface area contributed by atoms with Crippen LogP contribution in [0.25, 0.3) is 0 Å². The zero-order valence-corrected chi connectivity index (χ0v) is 9.17. The Morgan fingerprint density at radius 1 is 1.38 bits per heavy atom. The molecule has 1 saturated carbocycles. The average molecular weight is 217 g/mol. The second kappa shape index (κ2) is 3.85. The van der Waals surface area contributed by atoms with Crippen molar-refractivity contribution in [3.63, 3.8) is 0 Å². The van der Waals surface area contributed by atoms with Gasteiger partial charge in [-0.2, -0.15) is 0 Å². The number of likely N-dealkylation sites (tertiary alicyclic amines) is 1. The van der Waals surface area contributed by atoms with Gasteiger partial charge in [-0.1, -0.05) is 6.42 Å². The molecule has 0 radical (unpaired) electrons. The first-order valence-corrected chi connectivity index (χ1v) is 5.89. The van der Waals surface area contributed by atoms with E-state index in [1.54, 1.807) is 12.5 Å². The number of hydrogen-bond donors (Lipinski definition) is 0. The lowest BCUT2D eigenvalue weighted by molar-refractivity contribution is -0.142. The van der Waals surface area contributed by atoms with Gasteiger partial charge in [-0.25, -0.2) is 9.97 Å². The highest BCUT2D eigenvalue weighted by molar-refractivity contribution is 5.80. The highest BCUT2D eigenvalue weighted by atomic mass is 16.2. The molecule has 2 aliphatic rings. The monoisotopic (exact) mass is 217 g/mol. The van der Waals surface area contributed by atoms with Crippen LogP contribution in [0.3, 0.4) is 0 Å². The lowest BCUT2D eigenvalue weighted by atomic mass is 9.82. The Balaban J connectivity index is 1.56.